The molecule has 0 spiro atoms. The maximum Gasteiger partial charge on any atom is 0.305 e. The highest BCUT2D eigenvalue weighted by molar-refractivity contribution is 6.41. The van der Waals surface area contributed by atoms with Gasteiger partial charge < -0.3 is 26.4 Å². The summed E-state index contributed by atoms with van der Waals surface area (Å²) >= 11 is 5.67. The monoisotopic (exact) mass is 527 g/mol. The Kier molecular flexibility index (Phi) is 13.3. The minimum absolute atomic E-state index is 0.000891. The van der Waals surface area contributed by atoms with Crippen LogP contribution in [0.1, 0.15) is 45.6 Å². The van der Waals surface area contributed by atoms with Crippen molar-refractivity contribution < 1.29 is 24.7 Å². The number of halogens is 1. The molecule has 0 fully saturated rings. The number of amides is 1. The number of carboxylic acids is 1. The van der Waals surface area contributed by atoms with E-state index in [0.29, 0.717) is 12.4 Å². The number of unbranched alkanes of at least 4 members (excludes halogenated alkanes) is 1. The molecule has 36 heavy (non-hydrogen) atoms. The summed E-state index contributed by atoms with van der Waals surface area (Å²) in [6.07, 6.45) is 3.73. The van der Waals surface area contributed by atoms with Crippen molar-refractivity contribution in [1.29, 1.82) is 5.41 Å². The maximum absolute atomic E-state index is 13.1. The van der Waals surface area contributed by atoms with Gasteiger partial charge in [-0.15, -0.1) is 11.6 Å². The molecule has 13 nitrogen and oxygen atoms in total. The van der Waals surface area contributed by atoms with Crippen molar-refractivity contribution in [3.63, 3.8) is 0 Å². The molecule has 1 amide bonds. The quantitative estimate of drug-likeness (QED) is 0.0645. The number of carbonyl (C=O) groups excluding carboxylic acids is 2. The standard InChI is InChI=1S/C22H34ClN7O6/c1-4-17(30-10-8-25-20(22(30)35)26-12-16(28-36)14(2)24)21(34)27-15(11-19(32)33)18(31)13-29(3)9-6-5-7-23/h8,10,15,17,24,36H,4-7,9,11-13H2,1-3H3,(H,25,26)(H,27,34)(H,32,33)/b24-14?,28-16-. The maximum atomic E-state index is 13.1. The number of alkyl halides is 1. The number of aromatic nitrogens is 2. The summed E-state index contributed by atoms with van der Waals surface area (Å²) in [7, 11) is 1.72. The van der Waals surface area contributed by atoms with Crippen LogP contribution in [0.2, 0.25) is 0 Å². The minimum Gasteiger partial charge on any atom is -0.481 e. The molecule has 0 aromatic carbocycles. The summed E-state index contributed by atoms with van der Waals surface area (Å²) in [6, 6.07) is -2.31. The summed E-state index contributed by atoms with van der Waals surface area (Å²) in [6.45, 7) is 3.47. The fourth-order valence-electron chi connectivity index (χ4n) is 3.33. The highest BCUT2D eigenvalue weighted by Gasteiger charge is 2.29. The SMILES string of the molecule is CCC(C(=O)NC(CC(=O)O)C(=O)CN(C)CCCCCl)n1ccnc(NC/C(=N/O)C(C)=N)c1=O. The van der Waals surface area contributed by atoms with E-state index in [1.165, 1.54) is 19.3 Å². The number of oxime groups is 1. The van der Waals surface area contributed by atoms with Crippen molar-refractivity contribution in [3.05, 3.63) is 22.7 Å². The molecule has 0 aliphatic rings. The second kappa shape index (κ2) is 15.6. The normalized spacial score (nSPS) is 13.2. The van der Waals surface area contributed by atoms with Crippen molar-refractivity contribution in [3.8, 4) is 0 Å². The molecule has 0 saturated heterocycles. The highest BCUT2D eigenvalue weighted by atomic mass is 35.5. The lowest BCUT2D eigenvalue weighted by Crippen LogP contribution is -2.49. The lowest BCUT2D eigenvalue weighted by molar-refractivity contribution is -0.140. The van der Waals surface area contributed by atoms with Gasteiger partial charge in [-0.2, -0.15) is 0 Å². The summed E-state index contributed by atoms with van der Waals surface area (Å²) < 4.78 is 1.12. The third-order valence-corrected chi connectivity index (χ3v) is 5.57. The topological polar surface area (TPSA) is 190 Å². The lowest BCUT2D eigenvalue weighted by atomic mass is 10.1. The van der Waals surface area contributed by atoms with Crippen molar-refractivity contribution in [2.75, 3.05) is 37.9 Å². The van der Waals surface area contributed by atoms with Gasteiger partial charge in [-0.05, 0) is 39.8 Å². The number of nitrogens with zero attached hydrogens (tertiary/aromatic N) is 4. The Morgan fingerprint density at radius 3 is 2.58 bits per heavy atom. The fourth-order valence-corrected chi connectivity index (χ4v) is 3.52. The second-order valence-corrected chi connectivity index (χ2v) is 8.57. The summed E-state index contributed by atoms with van der Waals surface area (Å²) in [5.41, 5.74) is -0.663. The number of rotatable bonds is 17. The Labute approximate surface area is 214 Å². The van der Waals surface area contributed by atoms with Crippen LogP contribution in [0.4, 0.5) is 5.82 Å². The molecule has 2 atom stereocenters. The van der Waals surface area contributed by atoms with Crippen molar-refractivity contribution >= 4 is 46.5 Å². The number of ketones is 1. The number of hydrogen-bond acceptors (Lipinski definition) is 10. The Hall–Kier alpha value is -3.32. The molecule has 1 aromatic heterocycles. The zero-order chi connectivity index (χ0) is 27.3. The Bertz CT molecular complexity index is 1010. The third kappa shape index (κ3) is 9.74. The van der Waals surface area contributed by atoms with Crippen LogP contribution in [-0.4, -0.2) is 92.5 Å². The molecule has 1 aromatic rings. The number of carboxylic acid groups (broad SMARTS) is 1. The van der Waals surface area contributed by atoms with E-state index in [4.69, 9.17) is 22.2 Å². The molecule has 2 unspecified atom stereocenters. The predicted molar refractivity (Wildman–Crippen MR) is 136 cm³/mol. The van der Waals surface area contributed by atoms with E-state index in [9.17, 15) is 24.3 Å². The van der Waals surface area contributed by atoms with E-state index in [-0.39, 0.29) is 36.8 Å². The molecule has 1 heterocycles. The van der Waals surface area contributed by atoms with Gasteiger partial charge in [-0.25, -0.2) is 4.98 Å². The Morgan fingerprint density at radius 1 is 1.33 bits per heavy atom. The van der Waals surface area contributed by atoms with Gasteiger partial charge in [0.05, 0.1) is 31.3 Å². The molecular weight excluding hydrogens is 494 g/mol. The first-order chi connectivity index (χ1) is 17.0. The van der Waals surface area contributed by atoms with E-state index >= 15 is 0 Å². The van der Waals surface area contributed by atoms with Crippen LogP contribution in [0.5, 0.6) is 0 Å². The van der Waals surface area contributed by atoms with Gasteiger partial charge in [0, 0.05) is 18.3 Å². The summed E-state index contributed by atoms with van der Waals surface area (Å²) in [5, 5.41) is 33.9. The smallest absolute Gasteiger partial charge is 0.305 e. The highest BCUT2D eigenvalue weighted by Crippen LogP contribution is 2.11. The zero-order valence-electron chi connectivity index (χ0n) is 20.7. The number of likely N-dealkylation sites (N-methyl/N-ethyl adjacent to an activating group) is 1. The fraction of sp³-hybridized carbons (Fsp3) is 0.591. The summed E-state index contributed by atoms with van der Waals surface area (Å²) in [4.78, 5) is 55.8. The van der Waals surface area contributed by atoms with Crippen LogP contribution < -0.4 is 16.2 Å². The molecular formula is C22H34ClN7O6. The number of anilines is 1. The molecule has 1 rings (SSSR count). The molecule has 5 N–H and O–H groups in total. The molecule has 0 saturated carbocycles. The molecule has 0 aliphatic carbocycles. The number of hydrogen-bond donors (Lipinski definition) is 5. The average Bonchev–Trinajstić information content (AvgIpc) is 2.81. The molecule has 0 radical (unpaired) electrons. The van der Waals surface area contributed by atoms with Crippen LogP contribution in [0.3, 0.4) is 0 Å². The van der Waals surface area contributed by atoms with Gasteiger partial charge in [-0.1, -0.05) is 12.1 Å². The number of carbonyl (C=O) groups is 3. The lowest BCUT2D eigenvalue weighted by Gasteiger charge is -2.24. The third-order valence-electron chi connectivity index (χ3n) is 5.30. The van der Waals surface area contributed by atoms with Crippen LogP contribution in [0, 0.1) is 5.41 Å². The van der Waals surface area contributed by atoms with E-state index < -0.39 is 41.7 Å². The van der Waals surface area contributed by atoms with E-state index in [1.54, 1.807) is 18.9 Å². The second-order valence-electron chi connectivity index (χ2n) is 8.20. The minimum atomic E-state index is -1.27. The largest absolute Gasteiger partial charge is 0.481 e. The summed E-state index contributed by atoms with van der Waals surface area (Å²) in [5.74, 6) is -2.03. The van der Waals surface area contributed by atoms with Gasteiger partial charge in [0.15, 0.2) is 11.6 Å². The molecule has 14 heteroatoms. The van der Waals surface area contributed by atoms with Crippen LogP contribution >= 0.6 is 11.6 Å². The van der Waals surface area contributed by atoms with E-state index in [2.05, 4.69) is 20.8 Å². The molecule has 200 valence electrons. The van der Waals surface area contributed by atoms with E-state index in [1.807, 2.05) is 0 Å². The van der Waals surface area contributed by atoms with Gasteiger partial charge in [0.1, 0.15) is 11.8 Å². The zero-order valence-corrected chi connectivity index (χ0v) is 21.4. The Morgan fingerprint density at radius 2 is 2.03 bits per heavy atom. The number of aliphatic carboxylic acids is 1. The van der Waals surface area contributed by atoms with E-state index in [0.717, 1.165) is 17.4 Å². The van der Waals surface area contributed by atoms with Crippen molar-refractivity contribution in [2.45, 2.75) is 51.6 Å². The van der Waals surface area contributed by atoms with Crippen molar-refractivity contribution in [2.24, 2.45) is 5.16 Å². The molecule has 0 bridgehead atoms. The number of nitrogens with one attached hydrogen (secondary N) is 3. The predicted octanol–water partition coefficient (Wildman–Crippen LogP) is 0.956. The van der Waals surface area contributed by atoms with Crippen molar-refractivity contribution in [1.82, 2.24) is 19.8 Å². The average molecular weight is 528 g/mol. The van der Waals surface area contributed by atoms with Gasteiger partial charge in [-0.3, -0.25) is 28.6 Å². The number of Topliss-reactive ketones (excluding diaryl/α,β-unsaturated/α-hetero) is 1. The first kappa shape index (κ1) is 30.7. The van der Waals surface area contributed by atoms with Gasteiger partial charge in [0.25, 0.3) is 5.56 Å². The first-order valence-electron chi connectivity index (χ1n) is 11.4. The van der Waals surface area contributed by atoms with Gasteiger partial charge >= 0.3 is 5.97 Å². The van der Waals surface area contributed by atoms with Crippen LogP contribution in [-0.2, 0) is 14.4 Å². The Balaban J connectivity index is 3.04. The first-order valence-corrected chi connectivity index (χ1v) is 12.0. The van der Waals surface area contributed by atoms with Crippen LogP contribution in [0.15, 0.2) is 22.3 Å². The van der Waals surface area contributed by atoms with Gasteiger partial charge in [0.2, 0.25) is 5.91 Å². The molecule has 0 aliphatic heterocycles. The van der Waals surface area contributed by atoms with Crippen LogP contribution in [0.25, 0.3) is 0 Å².